The van der Waals surface area contributed by atoms with Crippen LogP contribution in [0.5, 0.6) is 17.2 Å². The summed E-state index contributed by atoms with van der Waals surface area (Å²) in [5.41, 5.74) is 0.797. The number of rotatable bonds is 5. The molecule has 0 saturated carbocycles. The number of carbonyl (C=O) groups excluding carboxylic acids is 1. The van der Waals surface area contributed by atoms with Crippen LogP contribution in [0, 0.1) is 5.41 Å². The lowest BCUT2D eigenvalue weighted by Gasteiger charge is -2.18. The molecule has 4 heteroatoms. The van der Waals surface area contributed by atoms with Crippen LogP contribution < -0.4 is 14.2 Å². The molecule has 0 unspecified atom stereocenters. The summed E-state index contributed by atoms with van der Waals surface area (Å²) in [6, 6.07) is 3.39. The summed E-state index contributed by atoms with van der Waals surface area (Å²) >= 11 is 0. The molecule has 0 atom stereocenters. The smallest absolute Gasteiger partial charge is 0.231 e. The summed E-state index contributed by atoms with van der Waals surface area (Å²) in [4.78, 5) is 11.0. The van der Waals surface area contributed by atoms with Gasteiger partial charge in [-0.05, 0) is 24.3 Å². The fourth-order valence-electron chi connectivity index (χ4n) is 1.94. The van der Waals surface area contributed by atoms with Gasteiger partial charge in [0.15, 0.2) is 17.8 Å². The number of benzene rings is 1. The van der Waals surface area contributed by atoms with Gasteiger partial charge in [-0.2, -0.15) is 0 Å². The molecule has 0 bridgehead atoms. The molecular formula is C15H20O4. The van der Waals surface area contributed by atoms with Gasteiger partial charge in [-0.1, -0.05) is 20.8 Å². The van der Waals surface area contributed by atoms with E-state index in [0.29, 0.717) is 34.8 Å². The SMILES string of the molecule is CC(C)(C)CCCOc1cc2c(cc1C=O)OCO2. The van der Waals surface area contributed by atoms with Crippen molar-refractivity contribution >= 4 is 6.29 Å². The van der Waals surface area contributed by atoms with E-state index in [1.165, 1.54) is 0 Å². The Balaban J connectivity index is 1.98. The molecule has 104 valence electrons. The molecule has 1 heterocycles. The lowest BCUT2D eigenvalue weighted by atomic mass is 9.91. The maximum absolute atomic E-state index is 11.0. The first kappa shape index (κ1) is 13.7. The Hall–Kier alpha value is -1.71. The minimum absolute atomic E-state index is 0.196. The van der Waals surface area contributed by atoms with Crippen LogP contribution in [0.2, 0.25) is 0 Å². The third-order valence-electron chi connectivity index (χ3n) is 2.96. The molecule has 0 aliphatic carbocycles. The van der Waals surface area contributed by atoms with E-state index in [9.17, 15) is 4.79 Å². The Morgan fingerprint density at radius 3 is 2.58 bits per heavy atom. The van der Waals surface area contributed by atoms with E-state index in [-0.39, 0.29) is 6.79 Å². The van der Waals surface area contributed by atoms with Gasteiger partial charge in [-0.3, -0.25) is 4.79 Å². The second kappa shape index (κ2) is 5.51. The Morgan fingerprint density at radius 2 is 1.95 bits per heavy atom. The van der Waals surface area contributed by atoms with Crippen molar-refractivity contribution in [1.82, 2.24) is 0 Å². The molecule has 1 aliphatic heterocycles. The average molecular weight is 264 g/mol. The van der Waals surface area contributed by atoms with Gasteiger partial charge in [0.25, 0.3) is 0 Å². The van der Waals surface area contributed by atoms with Gasteiger partial charge in [-0.25, -0.2) is 0 Å². The lowest BCUT2D eigenvalue weighted by Crippen LogP contribution is -2.08. The summed E-state index contributed by atoms with van der Waals surface area (Å²) in [6.45, 7) is 7.39. The van der Waals surface area contributed by atoms with Gasteiger partial charge < -0.3 is 14.2 Å². The van der Waals surface area contributed by atoms with Gasteiger partial charge in [0.1, 0.15) is 5.75 Å². The van der Waals surface area contributed by atoms with E-state index in [1.807, 2.05) is 0 Å². The molecule has 0 N–H and O–H groups in total. The molecule has 0 radical (unpaired) electrons. The van der Waals surface area contributed by atoms with Crippen LogP contribution in [0.3, 0.4) is 0 Å². The number of ether oxygens (including phenoxy) is 3. The third kappa shape index (κ3) is 3.63. The van der Waals surface area contributed by atoms with Gasteiger partial charge in [0, 0.05) is 6.07 Å². The van der Waals surface area contributed by atoms with Crippen LogP contribution in [0.15, 0.2) is 12.1 Å². The maximum Gasteiger partial charge on any atom is 0.231 e. The Bertz CT molecular complexity index is 460. The van der Waals surface area contributed by atoms with Crippen molar-refractivity contribution in [3.05, 3.63) is 17.7 Å². The molecule has 1 aromatic rings. The molecule has 1 aliphatic rings. The zero-order chi connectivity index (χ0) is 13.9. The second-order valence-electron chi connectivity index (χ2n) is 5.87. The highest BCUT2D eigenvalue weighted by Crippen LogP contribution is 2.37. The normalized spacial score (nSPS) is 13.4. The first-order valence-electron chi connectivity index (χ1n) is 6.51. The summed E-state index contributed by atoms with van der Waals surface area (Å²) in [5.74, 6) is 1.80. The van der Waals surface area contributed by atoms with E-state index in [2.05, 4.69) is 20.8 Å². The predicted molar refractivity (Wildman–Crippen MR) is 72.1 cm³/mol. The average Bonchev–Trinajstić information content (AvgIpc) is 2.79. The standard InChI is InChI=1S/C15H20O4/c1-15(2,3)5-4-6-17-12-8-14-13(18-10-19-14)7-11(12)9-16/h7-9H,4-6,10H2,1-3H3. The predicted octanol–water partition coefficient (Wildman–Crippen LogP) is 3.43. The van der Waals surface area contributed by atoms with E-state index < -0.39 is 0 Å². The molecule has 4 nitrogen and oxygen atoms in total. The highest BCUT2D eigenvalue weighted by molar-refractivity contribution is 5.81. The van der Waals surface area contributed by atoms with Crippen molar-refractivity contribution in [3.63, 3.8) is 0 Å². The molecule has 0 aromatic heterocycles. The van der Waals surface area contributed by atoms with Crippen LogP contribution >= 0.6 is 0 Å². The Morgan fingerprint density at radius 1 is 1.26 bits per heavy atom. The van der Waals surface area contributed by atoms with Crippen LogP contribution in [0.1, 0.15) is 44.0 Å². The highest BCUT2D eigenvalue weighted by Gasteiger charge is 2.18. The van der Waals surface area contributed by atoms with Gasteiger partial charge >= 0.3 is 0 Å². The minimum atomic E-state index is 0.196. The van der Waals surface area contributed by atoms with Crippen LogP contribution in [-0.2, 0) is 0 Å². The van der Waals surface area contributed by atoms with Crippen molar-refractivity contribution in [2.24, 2.45) is 5.41 Å². The number of hydrogen-bond donors (Lipinski definition) is 0. The zero-order valence-corrected chi connectivity index (χ0v) is 11.7. The molecular weight excluding hydrogens is 244 g/mol. The Kier molecular flexibility index (Phi) is 3.98. The molecule has 0 spiro atoms. The Labute approximate surface area is 113 Å². The largest absolute Gasteiger partial charge is 0.493 e. The summed E-state index contributed by atoms with van der Waals surface area (Å²) in [6.07, 6.45) is 2.81. The zero-order valence-electron chi connectivity index (χ0n) is 11.7. The van der Waals surface area contributed by atoms with E-state index in [0.717, 1.165) is 19.1 Å². The van der Waals surface area contributed by atoms with Gasteiger partial charge in [0.2, 0.25) is 6.79 Å². The van der Waals surface area contributed by atoms with Gasteiger partial charge in [0.05, 0.1) is 12.2 Å². The summed E-state index contributed by atoms with van der Waals surface area (Å²) in [7, 11) is 0. The van der Waals surface area contributed by atoms with Crippen LogP contribution in [-0.4, -0.2) is 19.7 Å². The van der Waals surface area contributed by atoms with Crippen LogP contribution in [0.25, 0.3) is 0 Å². The van der Waals surface area contributed by atoms with Crippen molar-refractivity contribution in [2.45, 2.75) is 33.6 Å². The minimum Gasteiger partial charge on any atom is -0.493 e. The molecule has 19 heavy (non-hydrogen) atoms. The molecule has 0 fully saturated rings. The van der Waals surface area contributed by atoms with Crippen molar-refractivity contribution < 1.29 is 19.0 Å². The second-order valence-corrected chi connectivity index (χ2v) is 5.87. The first-order valence-corrected chi connectivity index (χ1v) is 6.51. The summed E-state index contributed by atoms with van der Waals surface area (Å²) in [5, 5.41) is 0. The van der Waals surface area contributed by atoms with Crippen LogP contribution in [0.4, 0.5) is 0 Å². The van der Waals surface area contributed by atoms with E-state index in [4.69, 9.17) is 14.2 Å². The highest BCUT2D eigenvalue weighted by atomic mass is 16.7. The van der Waals surface area contributed by atoms with Gasteiger partial charge in [-0.15, -0.1) is 0 Å². The number of fused-ring (bicyclic) bond motifs is 1. The number of hydrogen-bond acceptors (Lipinski definition) is 4. The van der Waals surface area contributed by atoms with E-state index >= 15 is 0 Å². The third-order valence-corrected chi connectivity index (χ3v) is 2.96. The monoisotopic (exact) mass is 264 g/mol. The van der Waals surface area contributed by atoms with E-state index in [1.54, 1.807) is 12.1 Å². The topological polar surface area (TPSA) is 44.8 Å². The van der Waals surface area contributed by atoms with Crippen molar-refractivity contribution in [1.29, 1.82) is 0 Å². The number of carbonyl (C=O) groups is 1. The number of aldehydes is 1. The summed E-state index contributed by atoms with van der Waals surface area (Å²) < 4.78 is 16.2. The molecule has 0 amide bonds. The fourth-order valence-corrected chi connectivity index (χ4v) is 1.94. The lowest BCUT2D eigenvalue weighted by molar-refractivity contribution is 0.111. The van der Waals surface area contributed by atoms with Crippen molar-refractivity contribution in [3.8, 4) is 17.2 Å². The first-order chi connectivity index (χ1) is 8.99. The molecule has 1 aromatic carbocycles. The molecule has 0 saturated heterocycles. The van der Waals surface area contributed by atoms with Crippen molar-refractivity contribution in [2.75, 3.05) is 13.4 Å². The fraction of sp³-hybridized carbons (Fsp3) is 0.533. The quantitative estimate of drug-likeness (QED) is 0.603. The molecule has 2 rings (SSSR count). The maximum atomic E-state index is 11.0.